The van der Waals surface area contributed by atoms with Gasteiger partial charge in [0.2, 0.25) is 0 Å². The molecule has 3 atom stereocenters. The summed E-state index contributed by atoms with van der Waals surface area (Å²) in [6.45, 7) is 9.21. The van der Waals surface area contributed by atoms with Gasteiger partial charge in [0.05, 0.1) is 15.9 Å². The van der Waals surface area contributed by atoms with Crippen LogP contribution < -0.4 is 0 Å². The Hall–Kier alpha value is 0.170. The molecule has 2 rings (SSSR count). The topological polar surface area (TPSA) is 17.8 Å². The van der Waals surface area contributed by atoms with Gasteiger partial charge in [-0.05, 0) is 65.8 Å². The fraction of sp³-hybridized carbons (Fsp3) is 0.812. The largest absolute Gasteiger partial charge is 0.271 e. The Morgan fingerprint density at radius 2 is 1.95 bits per heavy atom. The molecule has 1 aromatic rings. The van der Waals surface area contributed by atoms with Crippen LogP contribution in [0, 0.1) is 24.2 Å². The molecule has 0 spiro atoms. The lowest BCUT2D eigenvalue weighted by molar-refractivity contribution is 0.146. The van der Waals surface area contributed by atoms with E-state index in [2.05, 4.69) is 71.7 Å². The lowest BCUT2D eigenvalue weighted by Gasteiger charge is -2.40. The van der Waals surface area contributed by atoms with Crippen LogP contribution in [0.25, 0.3) is 0 Å². The van der Waals surface area contributed by atoms with Crippen LogP contribution in [0.3, 0.4) is 0 Å². The molecule has 0 N–H and O–H groups in total. The van der Waals surface area contributed by atoms with E-state index in [0.717, 1.165) is 18.0 Å². The summed E-state index contributed by atoms with van der Waals surface area (Å²) < 4.78 is 3.23. The van der Waals surface area contributed by atoms with Crippen molar-refractivity contribution in [3.8, 4) is 0 Å². The lowest BCUT2D eigenvalue weighted by Crippen LogP contribution is -2.33. The predicted molar refractivity (Wildman–Crippen MR) is 92.4 cm³/mol. The maximum atomic E-state index is 4.52. The van der Waals surface area contributed by atoms with E-state index in [0.29, 0.717) is 16.2 Å². The van der Waals surface area contributed by atoms with Crippen molar-refractivity contribution in [1.29, 1.82) is 0 Å². The molecular weight excluding hydrogens is 380 g/mol. The van der Waals surface area contributed by atoms with Gasteiger partial charge in [-0.2, -0.15) is 5.10 Å². The first kappa shape index (κ1) is 16.5. The zero-order valence-corrected chi connectivity index (χ0v) is 16.4. The number of alkyl halides is 1. The number of aromatic nitrogens is 2. The molecule has 1 heterocycles. The molecule has 4 heteroatoms. The van der Waals surface area contributed by atoms with Gasteiger partial charge < -0.3 is 0 Å². The molecule has 0 radical (unpaired) electrons. The average Bonchev–Trinajstić information content (AvgIpc) is 2.57. The highest BCUT2D eigenvalue weighted by molar-refractivity contribution is 9.10. The maximum absolute atomic E-state index is 4.52. The summed E-state index contributed by atoms with van der Waals surface area (Å²) in [4.78, 5) is 0.642. The highest BCUT2D eigenvalue weighted by Crippen LogP contribution is 2.44. The average molecular weight is 406 g/mol. The highest BCUT2D eigenvalue weighted by Gasteiger charge is 2.35. The molecule has 0 amide bonds. The van der Waals surface area contributed by atoms with Gasteiger partial charge in [-0.25, -0.2) is 0 Å². The number of rotatable bonds is 2. The molecule has 0 bridgehead atoms. The van der Waals surface area contributed by atoms with Crippen molar-refractivity contribution in [3.05, 3.63) is 15.9 Å². The Morgan fingerprint density at radius 3 is 2.45 bits per heavy atom. The van der Waals surface area contributed by atoms with Crippen LogP contribution in [0.2, 0.25) is 0 Å². The van der Waals surface area contributed by atoms with E-state index in [1.807, 2.05) is 4.68 Å². The van der Waals surface area contributed by atoms with E-state index in [1.165, 1.54) is 29.4 Å². The Bertz CT molecular complexity index is 474. The molecule has 20 heavy (non-hydrogen) atoms. The second kappa shape index (κ2) is 6.12. The molecule has 1 aromatic heterocycles. The van der Waals surface area contributed by atoms with Crippen LogP contribution in [-0.4, -0.2) is 14.6 Å². The van der Waals surface area contributed by atoms with E-state index < -0.39 is 0 Å². The Morgan fingerprint density at radius 1 is 1.30 bits per heavy atom. The van der Waals surface area contributed by atoms with Gasteiger partial charge in [0.15, 0.2) is 0 Å². The first-order chi connectivity index (χ1) is 9.20. The minimum atomic E-state index is 0.422. The van der Waals surface area contributed by atoms with Crippen molar-refractivity contribution < 1.29 is 0 Å². The summed E-state index contributed by atoms with van der Waals surface area (Å²) in [5.41, 5.74) is 2.86. The van der Waals surface area contributed by atoms with E-state index in [-0.39, 0.29) is 0 Å². The van der Waals surface area contributed by atoms with E-state index in [9.17, 15) is 0 Å². The fourth-order valence-corrected chi connectivity index (χ4v) is 4.54. The molecule has 1 saturated carbocycles. The molecule has 2 nitrogen and oxygen atoms in total. The summed E-state index contributed by atoms with van der Waals surface area (Å²) in [7, 11) is 2.06. The van der Waals surface area contributed by atoms with Gasteiger partial charge in [-0.1, -0.05) is 36.7 Å². The number of aryl methyl sites for hydroxylation is 2. The smallest absolute Gasteiger partial charge is 0.0738 e. The van der Waals surface area contributed by atoms with Gasteiger partial charge in [0.25, 0.3) is 0 Å². The van der Waals surface area contributed by atoms with E-state index >= 15 is 0 Å². The molecular formula is C16H26Br2N2. The minimum absolute atomic E-state index is 0.422. The molecule has 0 aliphatic heterocycles. The Labute approximate surface area is 140 Å². The van der Waals surface area contributed by atoms with Crippen molar-refractivity contribution in [2.45, 2.75) is 58.2 Å². The number of nitrogens with zero attached hydrogens (tertiary/aromatic N) is 2. The molecule has 0 aromatic carbocycles. The standard InChI is InChI=1S/C16H26Br2N2/c1-10-15(18)14(20(5)19-10)9-11-8-12(16(2,3)4)6-7-13(11)17/h11-13H,6-9H2,1-5H3. The van der Waals surface area contributed by atoms with Crippen LogP contribution in [0.5, 0.6) is 0 Å². The second-order valence-electron chi connectivity index (χ2n) is 7.33. The Balaban J connectivity index is 2.14. The molecule has 1 aliphatic carbocycles. The summed E-state index contributed by atoms with van der Waals surface area (Å²) >= 11 is 7.62. The first-order valence-corrected chi connectivity index (χ1v) is 9.23. The maximum Gasteiger partial charge on any atom is 0.0738 e. The van der Waals surface area contributed by atoms with Crippen molar-refractivity contribution in [1.82, 2.24) is 9.78 Å². The van der Waals surface area contributed by atoms with Gasteiger partial charge in [-0.15, -0.1) is 0 Å². The van der Waals surface area contributed by atoms with Crippen molar-refractivity contribution in [2.75, 3.05) is 0 Å². The fourth-order valence-electron chi connectivity index (χ4n) is 3.38. The molecule has 1 fully saturated rings. The summed E-state index contributed by atoms with van der Waals surface area (Å²) in [5, 5.41) is 4.52. The molecule has 3 unspecified atom stereocenters. The first-order valence-electron chi connectivity index (χ1n) is 7.52. The zero-order valence-electron chi connectivity index (χ0n) is 13.2. The van der Waals surface area contributed by atoms with Crippen LogP contribution in [-0.2, 0) is 13.5 Å². The molecule has 114 valence electrons. The summed E-state index contributed by atoms with van der Waals surface area (Å²) in [6, 6.07) is 0. The van der Waals surface area contributed by atoms with Gasteiger partial charge in [-0.3, -0.25) is 4.68 Å². The van der Waals surface area contributed by atoms with Crippen LogP contribution in [0.4, 0.5) is 0 Å². The lowest BCUT2D eigenvalue weighted by atomic mass is 9.68. The van der Waals surface area contributed by atoms with Gasteiger partial charge in [0, 0.05) is 11.9 Å². The van der Waals surface area contributed by atoms with Gasteiger partial charge in [0.1, 0.15) is 0 Å². The number of halogens is 2. The third-order valence-electron chi connectivity index (χ3n) is 4.83. The third-order valence-corrected chi connectivity index (χ3v) is 7.07. The van der Waals surface area contributed by atoms with Crippen molar-refractivity contribution >= 4 is 31.9 Å². The normalized spacial score (nSPS) is 27.9. The SMILES string of the molecule is Cc1nn(C)c(CC2CC(C(C)(C)C)CCC2Br)c1Br. The van der Waals surface area contributed by atoms with Crippen LogP contribution >= 0.6 is 31.9 Å². The second-order valence-corrected chi connectivity index (χ2v) is 9.30. The molecule has 0 saturated heterocycles. The van der Waals surface area contributed by atoms with E-state index in [4.69, 9.17) is 0 Å². The Kier molecular flexibility index (Phi) is 5.06. The minimum Gasteiger partial charge on any atom is -0.271 e. The zero-order chi connectivity index (χ0) is 15.1. The van der Waals surface area contributed by atoms with Crippen molar-refractivity contribution in [3.63, 3.8) is 0 Å². The number of hydrogen-bond donors (Lipinski definition) is 0. The van der Waals surface area contributed by atoms with Gasteiger partial charge >= 0.3 is 0 Å². The van der Waals surface area contributed by atoms with Crippen LogP contribution in [0.1, 0.15) is 51.4 Å². The highest BCUT2D eigenvalue weighted by atomic mass is 79.9. The van der Waals surface area contributed by atoms with E-state index in [1.54, 1.807) is 0 Å². The monoisotopic (exact) mass is 404 g/mol. The van der Waals surface area contributed by atoms with Crippen molar-refractivity contribution in [2.24, 2.45) is 24.3 Å². The van der Waals surface area contributed by atoms with Crippen LogP contribution in [0.15, 0.2) is 4.47 Å². The summed E-state index contributed by atoms with van der Waals surface area (Å²) in [6.07, 6.45) is 5.07. The summed E-state index contributed by atoms with van der Waals surface area (Å²) in [5.74, 6) is 1.54. The quantitative estimate of drug-likeness (QED) is 0.613. The third kappa shape index (κ3) is 3.49. The predicted octanol–water partition coefficient (Wildman–Crippen LogP) is 5.26. The molecule has 1 aliphatic rings. The number of hydrogen-bond acceptors (Lipinski definition) is 1.